The first kappa shape index (κ1) is 10.5. The molecule has 0 bridgehead atoms. The predicted molar refractivity (Wildman–Crippen MR) is 68.4 cm³/mol. The Morgan fingerprint density at radius 2 is 1.50 bits per heavy atom. The van der Waals surface area contributed by atoms with E-state index in [4.69, 9.17) is 4.74 Å². The van der Waals surface area contributed by atoms with Gasteiger partial charge in [-0.05, 0) is 23.3 Å². The fourth-order valence-electron chi connectivity index (χ4n) is 1.50. The summed E-state index contributed by atoms with van der Waals surface area (Å²) in [5.41, 5.74) is 2.34. The Morgan fingerprint density at radius 3 is 2.25 bits per heavy atom. The maximum Gasteiger partial charge on any atom is 0.119 e. The van der Waals surface area contributed by atoms with Crippen LogP contribution in [0.1, 0.15) is 11.1 Å². The van der Waals surface area contributed by atoms with Crippen LogP contribution in [0.25, 0.3) is 12.2 Å². The molecule has 0 unspecified atom stereocenters. The van der Waals surface area contributed by atoms with Gasteiger partial charge in [0.05, 0.1) is 7.11 Å². The van der Waals surface area contributed by atoms with Gasteiger partial charge in [-0.25, -0.2) is 0 Å². The highest BCUT2D eigenvalue weighted by Gasteiger charge is 1.91. The van der Waals surface area contributed by atoms with Crippen molar-refractivity contribution < 1.29 is 4.74 Å². The van der Waals surface area contributed by atoms with Crippen LogP contribution in [-0.4, -0.2) is 7.11 Å². The topological polar surface area (TPSA) is 9.23 Å². The molecule has 0 N–H and O–H groups in total. The Hall–Kier alpha value is -2.02. The van der Waals surface area contributed by atoms with Gasteiger partial charge in [0.1, 0.15) is 5.75 Å². The van der Waals surface area contributed by atoms with Gasteiger partial charge in [-0.1, -0.05) is 54.6 Å². The molecule has 0 spiro atoms. The van der Waals surface area contributed by atoms with Crippen molar-refractivity contribution >= 4 is 12.2 Å². The van der Waals surface area contributed by atoms with Crippen molar-refractivity contribution in [2.45, 2.75) is 0 Å². The molecule has 0 saturated heterocycles. The number of hydrogen-bond acceptors (Lipinski definition) is 1. The van der Waals surface area contributed by atoms with E-state index < -0.39 is 0 Å². The molecule has 80 valence electrons. The van der Waals surface area contributed by atoms with Gasteiger partial charge in [-0.2, -0.15) is 0 Å². The second-order valence-electron chi connectivity index (χ2n) is 3.52. The molecule has 0 aliphatic heterocycles. The van der Waals surface area contributed by atoms with E-state index >= 15 is 0 Å². The third kappa shape index (κ3) is 2.74. The number of hydrogen-bond donors (Lipinski definition) is 0. The van der Waals surface area contributed by atoms with Crippen molar-refractivity contribution in [3.8, 4) is 5.75 Å². The van der Waals surface area contributed by atoms with Gasteiger partial charge in [0.15, 0.2) is 0 Å². The third-order valence-electron chi connectivity index (χ3n) is 2.36. The van der Waals surface area contributed by atoms with E-state index in [1.54, 1.807) is 7.11 Å². The Balaban J connectivity index is 2.17. The first-order valence-corrected chi connectivity index (χ1v) is 5.26. The zero-order chi connectivity index (χ0) is 11.2. The van der Waals surface area contributed by atoms with Gasteiger partial charge in [-0.15, -0.1) is 0 Å². The lowest BCUT2D eigenvalue weighted by atomic mass is 10.1. The van der Waals surface area contributed by atoms with Crippen LogP contribution in [0.4, 0.5) is 0 Å². The van der Waals surface area contributed by atoms with Crippen molar-refractivity contribution in [3.05, 3.63) is 65.7 Å². The standard InChI is InChI=1S/C15H14O/c1-16-15-9-5-8-14(12-15)11-10-13-6-3-2-4-7-13/h2-12H,1H3. The first-order valence-electron chi connectivity index (χ1n) is 5.26. The smallest absolute Gasteiger partial charge is 0.119 e. The number of benzene rings is 2. The summed E-state index contributed by atoms with van der Waals surface area (Å²) in [6.07, 6.45) is 4.17. The van der Waals surface area contributed by atoms with Crippen LogP contribution in [-0.2, 0) is 0 Å². The highest BCUT2D eigenvalue weighted by molar-refractivity contribution is 5.70. The maximum absolute atomic E-state index is 5.17. The van der Waals surface area contributed by atoms with Gasteiger partial charge in [0.2, 0.25) is 0 Å². The van der Waals surface area contributed by atoms with Gasteiger partial charge in [-0.3, -0.25) is 0 Å². The summed E-state index contributed by atoms with van der Waals surface area (Å²) in [5, 5.41) is 0. The lowest BCUT2D eigenvalue weighted by Crippen LogP contribution is -1.82. The van der Waals surface area contributed by atoms with E-state index in [1.807, 2.05) is 36.4 Å². The first-order chi connectivity index (χ1) is 7.88. The average Bonchev–Trinajstić information content (AvgIpc) is 2.38. The van der Waals surface area contributed by atoms with Crippen molar-refractivity contribution in [1.29, 1.82) is 0 Å². The highest BCUT2D eigenvalue weighted by atomic mass is 16.5. The Kier molecular flexibility index (Phi) is 3.39. The molecule has 0 atom stereocenters. The third-order valence-corrected chi connectivity index (χ3v) is 2.36. The SMILES string of the molecule is COc1cccc(C=Cc2ccccc2)c1. The van der Waals surface area contributed by atoms with Crippen LogP contribution >= 0.6 is 0 Å². The molecule has 2 rings (SSSR count). The summed E-state index contributed by atoms with van der Waals surface area (Å²) in [4.78, 5) is 0. The van der Waals surface area contributed by atoms with E-state index in [0.29, 0.717) is 0 Å². The van der Waals surface area contributed by atoms with Crippen LogP contribution in [0.15, 0.2) is 54.6 Å². The Labute approximate surface area is 96.0 Å². The van der Waals surface area contributed by atoms with Crippen molar-refractivity contribution in [2.75, 3.05) is 7.11 Å². The van der Waals surface area contributed by atoms with Gasteiger partial charge >= 0.3 is 0 Å². The predicted octanol–water partition coefficient (Wildman–Crippen LogP) is 3.87. The number of rotatable bonds is 3. The van der Waals surface area contributed by atoms with E-state index in [9.17, 15) is 0 Å². The van der Waals surface area contributed by atoms with Gasteiger partial charge < -0.3 is 4.74 Å². The van der Waals surface area contributed by atoms with Crippen LogP contribution in [0, 0.1) is 0 Å². The minimum atomic E-state index is 0.884. The monoisotopic (exact) mass is 210 g/mol. The van der Waals surface area contributed by atoms with Crippen molar-refractivity contribution in [3.63, 3.8) is 0 Å². The maximum atomic E-state index is 5.17. The second-order valence-corrected chi connectivity index (χ2v) is 3.52. The zero-order valence-electron chi connectivity index (χ0n) is 9.26. The van der Waals surface area contributed by atoms with Crippen LogP contribution in [0.2, 0.25) is 0 Å². The Morgan fingerprint density at radius 1 is 0.812 bits per heavy atom. The molecular weight excluding hydrogens is 196 g/mol. The van der Waals surface area contributed by atoms with Crippen molar-refractivity contribution in [2.24, 2.45) is 0 Å². The quantitative estimate of drug-likeness (QED) is 0.699. The van der Waals surface area contributed by atoms with E-state index in [2.05, 4.69) is 30.4 Å². The molecule has 0 aliphatic rings. The van der Waals surface area contributed by atoms with Gasteiger partial charge in [0, 0.05) is 0 Å². The molecule has 0 saturated carbocycles. The molecule has 16 heavy (non-hydrogen) atoms. The largest absolute Gasteiger partial charge is 0.497 e. The van der Waals surface area contributed by atoms with Gasteiger partial charge in [0.25, 0.3) is 0 Å². The fourth-order valence-corrected chi connectivity index (χ4v) is 1.50. The molecular formula is C15H14O. The summed E-state index contributed by atoms with van der Waals surface area (Å²) in [6.45, 7) is 0. The van der Waals surface area contributed by atoms with Crippen LogP contribution < -0.4 is 4.74 Å². The molecule has 2 aromatic rings. The normalized spacial score (nSPS) is 10.6. The zero-order valence-corrected chi connectivity index (χ0v) is 9.26. The molecule has 0 aromatic heterocycles. The summed E-state index contributed by atoms with van der Waals surface area (Å²) >= 11 is 0. The molecule has 1 heteroatoms. The average molecular weight is 210 g/mol. The summed E-state index contributed by atoms with van der Waals surface area (Å²) < 4.78 is 5.17. The molecule has 1 nitrogen and oxygen atoms in total. The lowest BCUT2D eigenvalue weighted by Gasteiger charge is -1.99. The van der Waals surface area contributed by atoms with Crippen LogP contribution in [0.3, 0.4) is 0 Å². The molecule has 0 amide bonds. The highest BCUT2D eigenvalue weighted by Crippen LogP contribution is 2.15. The minimum absolute atomic E-state index is 0.884. The molecule has 0 fully saturated rings. The number of ether oxygens (including phenoxy) is 1. The van der Waals surface area contributed by atoms with Crippen molar-refractivity contribution in [1.82, 2.24) is 0 Å². The second kappa shape index (κ2) is 5.17. The summed E-state index contributed by atoms with van der Waals surface area (Å²) in [7, 11) is 1.68. The van der Waals surface area contributed by atoms with E-state index in [1.165, 1.54) is 5.56 Å². The number of methoxy groups -OCH3 is 1. The minimum Gasteiger partial charge on any atom is -0.497 e. The van der Waals surface area contributed by atoms with E-state index in [0.717, 1.165) is 11.3 Å². The Bertz CT molecular complexity index is 472. The fraction of sp³-hybridized carbons (Fsp3) is 0.0667. The molecule has 0 aliphatic carbocycles. The molecule has 0 radical (unpaired) electrons. The molecule has 2 aromatic carbocycles. The van der Waals surface area contributed by atoms with Crippen LogP contribution in [0.5, 0.6) is 5.75 Å². The molecule has 0 heterocycles. The van der Waals surface area contributed by atoms with E-state index in [-0.39, 0.29) is 0 Å². The lowest BCUT2D eigenvalue weighted by molar-refractivity contribution is 0.414. The summed E-state index contributed by atoms with van der Waals surface area (Å²) in [5.74, 6) is 0.884. The summed E-state index contributed by atoms with van der Waals surface area (Å²) in [6, 6.07) is 18.2.